The van der Waals surface area contributed by atoms with Crippen molar-refractivity contribution in [3.8, 4) is 17.2 Å². The lowest BCUT2D eigenvalue weighted by molar-refractivity contribution is 0.122. The van der Waals surface area contributed by atoms with Gasteiger partial charge >= 0.3 is 0 Å². The lowest BCUT2D eigenvalue weighted by Gasteiger charge is -2.32. The second kappa shape index (κ2) is 9.28. The van der Waals surface area contributed by atoms with Gasteiger partial charge in [0, 0.05) is 30.9 Å². The van der Waals surface area contributed by atoms with Gasteiger partial charge in [-0.3, -0.25) is 4.90 Å². The fraction of sp³-hybridized carbons (Fsp3) is 0.391. The summed E-state index contributed by atoms with van der Waals surface area (Å²) in [4.78, 5) is 4.62. The molecule has 0 N–H and O–H groups in total. The Labute approximate surface area is 177 Å². The van der Waals surface area contributed by atoms with E-state index in [0.29, 0.717) is 11.8 Å². The van der Waals surface area contributed by atoms with Crippen LogP contribution in [-0.4, -0.2) is 55.6 Å². The van der Waals surface area contributed by atoms with Gasteiger partial charge in [-0.2, -0.15) is 0 Å². The second-order valence-electron chi connectivity index (χ2n) is 7.49. The fourth-order valence-electron chi connectivity index (χ4n) is 3.61. The molecule has 0 bridgehead atoms. The molecule has 1 aliphatic rings. The number of morpholine rings is 1. The number of benzene rings is 2. The van der Waals surface area contributed by atoms with E-state index in [0.717, 1.165) is 44.2 Å². The van der Waals surface area contributed by atoms with Crippen LogP contribution in [0.3, 0.4) is 0 Å². The number of methoxy groups -OCH3 is 1. The molecule has 2 heterocycles. The van der Waals surface area contributed by atoms with Crippen molar-refractivity contribution in [2.75, 3.05) is 45.4 Å². The number of nitrogens with zero attached hydrogens (tertiary/aromatic N) is 4. The number of aromatic nitrogens is 2. The number of rotatable bonds is 7. The summed E-state index contributed by atoms with van der Waals surface area (Å²) >= 11 is 0. The molecular weight excluding hydrogens is 380 g/mol. The number of anilines is 1. The van der Waals surface area contributed by atoms with Crippen LogP contribution in [0.1, 0.15) is 24.4 Å². The molecule has 1 aliphatic heterocycles. The molecule has 0 saturated carbocycles. The third-order valence-electron chi connectivity index (χ3n) is 5.56. The molecule has 1 saturated heterocycles. The molecule has 158 valence electrons. The molecule has 0 aliphatic carbocycles. The molecule has 2 aromatic carbocycles. The van der Waals surface area contributed by atoms with Gasteiger partial charge in [0.1, 0.15) is 5.75 Å². The van der Waals surface area contributed by atoms with Crippen molar-refractivity contribution in [1.29, 1.82) is 0 Å². The average Bonchev–Trinajstić information content (AvgIpc) is 3.30. The lowest BCUT2D eigenvalue weighted by Crippen LogP contribution is -2.37. The summed E-state index contributed by atoms with van der Waals surface area (Å²) < 4.78 is 16.7. The van der Waals surface area contributed by atoms with Crippen molar-refractivity contribution in [2.24, 2.45) is 0 Å². The largest absolute Gasteiger partial charge is 0.497 e. The van der Waals surface area contributed by atoms with Crippen LogP contribution in [0.15, 0.2) is 52.9 Å². The van der Waals surface area contributed by atoms with Gasteiger partial charge in [0.25, 0.3) is 0 Å². The highest BCUT2D eigenvalue weighted by Gasteiger charge is 2.21. The normalized spacial score (nSPS) is 15.4. The van der Waals surface area contributed by atoms with Gasteiger partial charge in [-0.15, -0.1) is 10.2 Å². The molecule has 0 spiro atoms. The van der Waals surface area contributed by atoms with E-state index >= 15 is 0 Å². The number of ether oxygens (including phenoxy) is 2. The van der Waals surface area contributed by atoms with Crippen LogP contribution < -0.4 is 9.64 Å². The van der Waals surface area contributed by atoms with E-state index in [1.165, 1.54) is 11.3 Å². The molecule has 1 aromatic heterocycles. The zero-order chi connectivity index (χ0) is 20.9. The van der Waals surface area contributed by atoms with E-state index in [2.05, 4.69) is 58.2 Å². The minimum absolute atomic E-state index is 0.0118. The number of hydrogen-bond donors (Lipinski definition) is 0. The smallest absolute Gasteiger partial charge is 0.247 e. The van der Waals surface area contributed by atoms with Crippen molar-refractivity contribution >= 4 is 5.69 Å². The van der Waals surface area contributed by atoms with Gasteiger partial charge in [0.2, 0.25) is 11.8 Å². The predicted octanol–water partition coefficient (Wildman–Crippen LogP) is 3.77. The number of para-hydroxylation sites is 1. The van der Waals surface area contributed by atoms with Gasteiger partial charge in [0.15, 0.2) is 0 Å². The van der Waals surface area contributed by atoms with E-state index in [1.54, 1.807) is 7.11 Å². The topological polar surface area (TPSA) is 63.9 Å². The maximum Gasteiger partial charge on any atom is 0.247 e. The molecule has 1 atom stereocenters. The second-order valence-corrected chi connectivity index (χ2v) is 7.49. The Bertz CT molecular complexity index is 951. The molecule has 7 heteroatoms. The first-order valence-electron chi connectivity index (χ1n) is 10.2. The minimum atomic E-state index is -0.0118. The molecule has 4 rings (SSSR count). The van der Waals surface area contributed by atoms with E-state index in [1.807, 2.05) is 24.3 Å². The maximum absolute atomic E-state index is 5.98. The van der Waals surface area contributed by atoms with Gasteiger partial charge in [-0.05, 0) is 49.9 Å². The van der Waals surface area contributed by atoms with Crippen molar-refractivity contribution in [2.45, 2.75) is 19.5 Å². The van der Waals surface area contributed by atoms with E-state index in [-0.39, 0.29) is 6.04 Å². The fourth-order valence-corrected chi connectivity index (χ4v) is 3.61. The Hall–Kier alpha value is -2.90. The number of hydrogen-bond acceptors (Lipinski definition) is 7. The first-order valence-corrected chi connectivity index (χ1v) is 10.2. The Kier molecular flexibility index (Phi) is 6.30. The van der Waals surface area contributed by atoms with Gasteiger partial charge in [0.05, 0.1) is 26.4 Å². The Balaban J connectivity index is 1.47. The first-order chi connectivity index (χ1) is 14.7. The highest BCUT2D eigenvalue weighted by atomic mass is 16.5. The van der Waals surface area contributed by atoms with Crippen LogP contribution in [0.25, 0.3) is 11.5 Å². The standard InChI is InChI=1S/C23H28N4O3/c1-17(22-24-25-23(30-22)18-8-10-20(28-3)11-9-18)26(2)16-19-6-4-5-7-21(19)27-12-14-29-15-13-27/h4-11,17H,12-16H2,1-3H3/t17-/m0/s1. The quantitative estimate of drug-likeness (QED) is 0.590. The van der Waals surface area contributed by atoms with Crippen LogP contribution in [0.2, 0.25) is 0 Å². The zero-order valence-electron chi connectivity index (χ0n) is 17.7. The maximum atomic E-state index is 5.98. The lowest BCUT2D eigenvalue weighted by atomic mass is 10.1. The van der Waals surface area contributed by atoms with Crippen molar-refractivity contribution in [3.63, 3.8) is 0 Å². The molecule has 3 aromatic rings. The molecule has 0 unspecified atom stereocenters. The SMILES string of the molecule is COc1ccc(-c2nnc([C@H](C)N(C)Cc3ccccc3N3CCOCC3)o2)cc1. The molecule has 0 radical (unpaired) electrons. The molecule has 30 heavy (non-hydrogen) atoms. The summed E-state index contributed by atoms with van der Waals surface area (Å²) in [6, 6.07) is 16.2. The Morgan fingerprint density at radius 3 is 2.53 bits per heavy atom. The van der Waals surface area contributed by atoms with Crippen LogP contribution in [-0.2, 0) is 11.3 Å². The monoisotopic (exact) mass is 408 g/mol. The highest BCUT2D eigenvalue weighted by Crippen LogP contribution is 2.28. The van der Waals surface area contributed by atoms with Crippen LogP contribution in [0.5, 0.6) is 5.75 Å². The molecule has 0 amide bonds. The summed E-state index contributed by atoms with van der Waals surface area (Å²) in [6.07, 6.45) is 0. The van der Waals surface area contributed by atoms with Crippen LogP contribution >= 0.6 is 0 Å². The summed E-state index contributed by atoms with van der Waals surface area (Å²) in [5.41, 5.74) is 3.43. The summed E-state index contributed by atoms with van der Waals surface area (Å²) in [5, 5.41) is 8.53. The summed E-state index contributed by atoms with van der Waals surface area (Å²) in [7, 11) is 3.73. The molecular formula is C23H28N4O3. The average molecular weight is 409 g/mol. The predicted molar refractivity (Wildman–Crippen MR) is 116 cm³/mol. The molecule has 7 nitrogen and oxygen atoms in total. The van der Waals surface area contributed by atoms with Gasteiger partial charge in [-0.25, -0.2) is 0 Å². The molecule has 1 fully saturated rings. The van der Waals surface area contributed by atoms with E-state index in [9.17, 15) is 0 Å². The van der Waals surface area contributed by atoms with Crippen molar-refractivity contribution < 1.29 is 13.9 Å². The Morgan fingerprint density at radius 1 is 1.07 bits per heavy atom. The van der Waals surface area contributed by atoms with E-state index in [4.69, 9.17) is 13.9 Å². The van der Waals surface area contributed by atoms with Crippen molar-refractivity contribution in [3.05, 3.63) is 60.0 Å². The zero-order valence-corrected chi connectivity index (χ0v) is 17.7. The minimum Gasteiger partial charge on any atom is -0.497 e. The van der Waals surface area contributed by atoms with Crippen molar-refractivity contribution in [1.82, 2.24) is 15.1 Å². The van der Waals surface area contributed by atoms with Crippen LogP contribution in [0, 0.1) is 0 Å². The van der Waals surface area contributed by atoms with E-state index < -0.39 is 0 Å². The summed E-state index contributed by atoms with van der Waals surface area (Å²) in [5.74, 6) is 1.92. The summed E-state index contributed by atoms with van der Waals surface area (Å²) in [6.45, 7) is 6.27. The highest BCUT2D eigenvalue weighted by molar-refractivity contribution is 5.55. The third kappa shape index (κ3) is 4.47. The third-order valence-corrected chi connectivity index (χ3v) is 5.56. The first kappa shape index (κ1) is 20.4. The van der Waals surface area contributed by atoms with Crippen LogP contribution in [0.4, 0.5) is 5.69 Å². The van der Waals surface area contributed by atoms with Gasteiger partial charge in [-0.1, -0.05) is 18.2 Å². The van der Waals surface area contributed by atoms with Gasteiger partial charge < -0.3 is 18.8 Å². The Morgan fingerprint density at radius 2 is 1.80 bits per heavy atom.